The normalized spacial score (nSPS) is 8.67. The minimum atomic E-state index is 1.15. The summed E-state index contributed by atoms with van der Waals surface area (Å²) in [5.74, 6) is 0. The van der Waals surface area contributed by atoms with Crippen LogP contribution < -0.4 is 0 Å². The molecular formula is C10H16IN. The zero-order chi connectivity index (χ0) is 9.40. The summed E-state index contributed by atoms with van der Waals surface area (Å²) in [7, 11) is 0. The lowest BCUT2D eigenvalue weighted by Crippen LogP contribution is -1.88. The molecule has 0 aliphatic rings. The summed E-state index contributed by atoms with van der Waals surface area (Å²) in [6, 6.07) is 2.06. The predicted molar refractivity (Wildman–Crippen MR) is 62.9 cm³/mol. The quantitative estimate of drug-likeness (QED) is 0.596. The highest BCUT2D eigenvalue weighted by atomic mass is 127. The number of rotatable bonds is 2. The van der Waals surface area contributed by atoms with Crippen LogP contribution in [0.5, 0.6) is 0 Å². The summed E-state index contributed by atoms with van der Waals surface area (Å²) in [5, 5.41) is 0. The molecule has 0 N–H and O–H groups in total. The summed E-state index contributed by atoms with van der Waals surface area (Å²) in [4.78, 5) is 6.03. The van der Waals surface area contributed by atoms with Crippen LogP contribution in [-0.2, 0) is 6.42 Å². The van der Waals surface area contributed by atoms with Crippen molar-refractivity contribution < 1.29 is 0 Å². The van der Waals surface area contributed by atoms with E-state index in [1.165, 1.54) is 17.5 Å². The molecule has 68 valence electrons. The van der Waals surface area contributed by atoms with Crippen LogP contribution in [0.1, 0.15) is 24.5 Å². The standard InChI is InChI=1S/C9H13N.CH3I/c1-3-4-9-7-10-6-5-8(9)2;1-2/h5-7H,3-4H2,1-2H3;1H3. The molecule has 0 radical (unpaired) electrons. The van der Waals surface area contributed by atoms with Crippen molar-refractivity contribution in [3.63, 3.8) is 0 Å². The van der Waals surface area contributed by atoms with Crippen molar-refractivity contribution in [3.8, 4) is 0 Å². The maximum Gasteiger partial charge on any atom is 0.0302 e. The smallest absolute Gasteiger partial charge is 0.0302 e. The first kappa shape index (κ1) is 11.9. The largest absolute Gasteiger partial charge is 0.264 e. The van der Waals surface area contributed by atoms with E-state index >= 15 is 0 Å². The van der Waals surface area contributed by atoms with Gasteiger partial charge >= 0.3 is 0 Å². The summed E-state index contributed by atoms with van der Waals surface area (Å²) >= 11 is 2.15. The fraction of sp³-hybridized carbons (Fsp3) is 0.500. The Labute approximate surface area is 88.7 Å². The van der Waals surface area contributed by atoms with E-state index in [1.807, 2.05) is 17.3 Å². The highest BCUT2D eigenvalue weighted by Gasteiger charge is 1.93. The van der Waals surface area contributed by atoms with Crippen molar-refractivity contribution in [2.45, 2.75) is 26.7 Å². The van der Waals surface area contributed by atoms with E-state index in [2.05, 4.69) is 47.5 Å². The second kappa shape index (κ2) is 7.53. The number of aromatic nitrogens is 1. The van der Waals surface area contributed by atoms with Gasteiger partial charge in [0.2, 0.25) is 0 Å². The van der Waals surface area contributed by atoms with Gasteiger partial charge in [-0.15, -0.1) is 0 Å². The highest BCUT2D eigenvalue weighted by molar-refractivity contribution is 14.1. The lowest BCUT2D eigenvalue weighted by Gasteiger charge is -2.00. The van der Waals surface area contributed by atoms with Crippen molar-refractivity contribution in [2.24, 2.45) is 0 Å². The summed E-state index contributed by atoms with van der Waals surface area (Å²) in [5.41, 5.74) is 2.74. The molecule has 0 aliphatic heterocycles. The first-order valence-corrected chi connectivity index (χ1v) is 6.27. The van der Waals surface area contributed by atoms with Crippen LogP contribution in [0.15, 0.2) is 18.5 Å². The number of hydrogen-bond donors (Lipinski definition) is 0. The van der Waals surface area contributed by atoms with Crippen LogP contribution in [0.3, 0.4) is 0 Å². The predicted octanol–water partition coefficient (Wildman–Crippen LogP) is 3.39. The van der Waals surface area contributed by atoms with Gasteiger partial charge < -0.3 is 0 Å². The molecule has 1 rings (SSSR count). The van der Waals surface area contributed by atoms with Gasteiger partial charge in [0.15, 0.2) is 0 Å². The maximum atomic E-state index is 4.06. The van der Waals surface area contributed by atoms with Gasteiger partial charge in [-0.2, -0.15) is 0 Å². The van der Waals surface area contributed by atoms with Gasteiger partial charge in [-0.05, 0) is 35.5 Å². The minimum absolute atomic E-state index is 1.15. The topological polar surface area (TPSA) is 12.9 Å². The Kier molecular flexibility index (Phi) is 7.45. The molecule has 0 saturated heterocycles. The van der Waals surface area contributed by atoms with Crippen molar-refractivity contribution in [2.75, 3.05) is 4.93 Å². The number of hydrogen-bond acceptors (Lipinski definition) is 1. The molecule has 0 spiro atoms. The van der Waals surface area contributed by atoms with Crippen LogP contribution in [0.25, 0.3) is 0 Å². The molecule has 1 aromatic heterocycles. The lowest BCUT2D eigenvalue weighted by molar-refractivity contribution is 0.904. The van der Waals surface area contributed by atoms with E-state index < -0.39 is 0 Å². The molecule has 1 heterocycles. The Balaban J connectivity index is 0.000000561. The van der Waals surface area contributed by atoms with E-state index in [0.29, 0.717) is 0 Å². The second-order valence-corrected chi connectivity index (χ2v) is 2.55. The first-order valence-electron chi connectivity index (χ1n) is 4.12. The van der Waals surface area contributed by atoms with Crippen LogP contribution in [0.2, 0.25) is 0 Å². The number of pyridine rings is 1. The van der Waals surface area contributed by atoms with E-state index in [0.717, 1.165) is 6.42 Å². The minimum Gasteiger partial charge on any atom is -0.264 e. The molecule has 0 saturated carbocycles. The first-order chi connectivity index (χ1) is 5.84. The Morgan fingerprint density at radius 2 is 2.08 bits per heavy atom. The van der Waals surface area contributed by atoms with Crippen molar-refractivity contribution in [3.05, 3.63) is 29.6 Å². The van der Waals surface area contributed by atoms with Crippen molar-refractivity contribution >= 4 is 22.6 Å². The SMILES string of the molecule is CCCc1cnccc1C.CI. The maximum absolute atomic E-state index is 4.06. The number of halogens is 1. The molecule has 1 nitrogen and oxygen atoms in total. The molecular weight excluding hydrogens is 261 g/mol. The molecule has 12 heavy (non-hydrogen) atoms. The molecule has 1 aromatic rings. The molecule has 0 unspecified atom stereocenters. The van der Waals surface area contributed by atoms with Crippen LogP contribution in [0.4, 0.5) is 0 Å². The van der Waals surface area contributed by atoms with E-state index in [4.69, 9.17) is 0 Å². The Hall–Kier alpha value is -0.120. The van der Waals surface area contributed by atoms with Crippen molar-refractivity contribution in [1.82, 2.24) is 4.98 Å². The summed E-state index contributed by atoms with van der Waals surface area (Å²) in [6.45, 7) is 4.32. The third-order valence-electron chi connectivity index (χ3n) is 1.67. The lowest BCUT2D eigenvalue weighted by atomic mass is 10.1. The van der Waals surface area contributed by atoms with Gasteiger partial charge in [0.25, 0.3) is 0 Å². The summed E-state index contributed by atoms with van der Waals surface area (Å²) in [6.07, 6.45) is 6.15. The van der Waals surface area contributed by atoms with Crippen LogP contribution in [0, 0.1) is 6.92 Å². The Bertz CT molecular complexity index is 211. The Morgan fingerprint density at radius 3 is 2.58 bits per heavy atom. The van der Waals surface area contributed by atoms with Gasteiger partial charge in [0, 0.05) is 12.4 Å². The molecule has 2 heteroatoms. The Morgan fingerprint density at radius 1 is 1.42 bits per heavy atom. The molecule has 0 bridgehead atoms. The number of nitrogens with zero attached hydrogens (tertiary/aromatic N) is 1. The monoisotopic (exact) mass is 277 g/mol. The fourth-order valence-corrected chi connectivity index (χ4v) is 1.03. The zero-order valence-corrected chi connectivity index (χ0v) is 10.1. The highest BCUT2D eigenvalue weighted by Crippen LogP contribution is 2.06. The molecule has 0 fully saturated rings. The average molecular weight is 277 g/mol. The fourth-order valence-electron chi connectivity index (χ4n) is 1.03. The van der Waals surface area contributed by atoms with Gasteiger partial charge in [0.1, 0.15) is 0 Å². The molecule has 0 aromatic carbocycles. The van der Waals surface area contributed by atoms with Gasteiger partial charge in [-0.1, -0.05) is 35.9 Å². The molecule has 0 aliphatic carbocycles. The number of aryl methyl sites for hydroxylation is 2. The third-order valence-corrected chi connectivity index (χ3v) is 1.67. The van der Waals surface area contributed by atoms with E-state index in [1.54, 1.807) is 0 Å². The van der Waals surface area contributed by atoms with Crippen LogP contribution in [-0.4, -0.2) is 9.91 Å². The second-order valence-electron chi connectivity index (χ2n) is 2.55. The number of alkyl halides is 1. The van der Waals surface area contributed by atoms with Gasteiger partial charge in [-0.25, -0.2) is 0 Å². The van der Waals surface area contributed by atoms with Gasteiger partial charge in [-0.3, -0.25) is 4.98 Å². The molecule has 0 amide bonds. The molecule has 0 atom stereocenters. The van der Waals surface area contributed by atoms with Crippen LogP contribution >= 0.6 is 22.6 Å². The van der Waals surface area contributed by atoms with Crippen molar-refractivity contribution in [1.29, 1.82) is 0 Å². The zero-order valence-electron chi connectivity index (χ0n) is 7.97. The average Bonchev–Trinajstić information content (AvgIpc) is 2.13. The summed E-state index contributed by atoms with van der Waals surface area (Å²) < 4.78 is 0. The third kappa shape index (κ3) is 4.04. The van der Waals surface area contributed by atoms with E-state index in [-0.39, 0.29) is 0 Å². The van der Waals surface area contributed by atoms with E-state index in [9.17, 15) is 0 Å². The van der Waals surface area contributed by atoms with Gasteiger partial charge in [0.05, 0.1) is 0 Å².